The zero-order chi connectivity index (χ0) is 11.4. The van der Waals surface area contributed by atoms with E-state index in [0.29, 0.717) is 0 Å². The molecule has 0 saturated heterocycles. The van der Waals surface area contributed by atoms with Crippen LogP contribution in [0.1, 0.15) is 0 Å². The Hall–Kier alpha value is -2.03. The van der Waals surface area contributed by atoms with Crippen LogP contribution in [0.5, 0.6) is 11.5 Å². The quantitative estimate of drug-likeness (QED) is 0.785. The summed E-state index contributed by atoms with van der Waals surface area (Å²) in [4.78, 5) is 6.23. The third-order valence-corrected chi connectivity index (χ3v) is 2.16. The van der Waals surface area contributed by atoms with Crippen molar-refractivity contribution in [1.29, 1.82) is 0 Å². The summed E-state index contributed by atoms with van der Waals surface area (Å²) in [5.74, 6) is 2.49. The van der Waals surface area contributed by atoms with Crippen LogP contribution in [-0.2, 0) is 0 Å². The molecule has 0 unspecified atom stereocenters. The summed E-state index contributed by atoms with van der Waals surface area (Å²) in [6.07, 6.45) is 1.72. The summed E-state index contributed by atoms with van der Waals surface area (Å²) in [7, 11) is 3.92. The van der Waals surface area contributed by atoms with Crippen LogP contribution in [0.25, 0.3) is 0 Å². The van der Waals surface area contributed by atoms with Crippen LogP contribution in [0.2, 0.25) is 0 Å². The van der Waals surface area contributed by atoms with Gasteiger partial charge in [-0.25, -0.2) is 4.98 Å². The molecule has 82 valence electrons. The number of para-hydroxylation sites is 1. The second kappa shape index (κ2) is 4.66. The van der Waals surface area contributed by atoms with Crippen molar-refractivity contribution in [2.75, 3.05) is 19.0 Å². The van der Waals surface area contributed by atoms with E-state index in [1.165, 1.54) is 0 Å². The second-order valence-electron chi connectivity index (χ2n) is 3.66. The van der Waals surface area contributed by atoms with Gasteiger partial charge in [-0.3, -0.25) is 0 Å². The van der Waals surface area contributed by atoms with Gasteiger partial charge in [-0.1, -0.05) is 18.2 Å². The summed E-state index contributed by atoms with van der Waals surface area (Å²) in [5.41, 5.74) is 0. The smallest absolute Gasteiger partial charge is 0.145 e. The molecule has 0 saturated carbocycles. The number of hydrogen-bond acceptors (Lipinski definition) is 3. The maximum absolute atomic E-state index is 5.63. The van der Waals surface area contributed by atoms with Gasteiger partial charge in [-0.05, 0) is 24.3 Å². The number of pyridine rings is 1. The molecule has 1 aromatic heterocycles. The van der Waals surface area contributed by atoms with E-state index in [4.69, 9.17) is 4.74 Å². The van der Waals surface area contributed by atoms with Gasteiger partial charge in [-0.2, -0.15) is 0 Å². The van der Waals surface area contributed by atoms with Gasteiger partial charge in [0.25, 0.3) is 0 Å². The van der Waals surface area contributed by atoms with Crippen LogP contribution < -0.4 is 9.64 Å². The van der Waals surface area contributed by atoms with Crippen molar-refractivity contribution in [2.24, 2.45) is 0 Å². The van der Waals surface area contributed by atoms with E-state index in [1.807, 2.05) is 61.5 Å². The predicted molar refractivity (Wildman–Crippen MR) is 65.1 cm³/mol. The van der Waals surface area contributed by atoms with Crippen molar-refractivity contribution < 1.29 is 4.74 Å². The third-order valence-electron chi connectivity index (χ3n) is 2.16. The van der Waals surface area contributed by atoms with E-state index in [-0.39, 0.29) is 0 Å². The Morgan fingerprint density at radius 3 is 2.25 bits per heavy atom. The van der Waals surface area contributed by atoms with Gasteiger partial charge >= 0.3 is 0 Å². The monoisotopic (exact) mass is 214 g/mol. The van der Waals surface area contributed by atoms with Crippen molar-refractivity contribution >= 4 is 5.82 Å². The van der Waals surface area contributed by atoms with E-state index in [0.717, 1.165) is 17.3 Å². The molecule has 0 fully saturated rings. The number of nitrogens with zero attached hydrogens (tertiary/aromatic N) is 2. The Morgan fingerprint density at radius 2 is 1.69 bits per heavy atom. The topological polar surface area (TPSA) is 25.4 Å². The van der Waals surface area contributed by atoms with Gasteiger partial charge in [0.2, 0.25) is 0 Å². The minimum Gasteiger partial charge on any atom is -0.456 e. The van der Waals surface area contributed by atoms with E-state index in [2.05, 4.69) is 4.98 Å². The number of aromatic nitrogens is 1. The van der Waals surface area contributed by atoms with Gasteiger partial charge < -0.3 is 9.64 Å². The molecule has 0 N–H and O–H groups in total. The van der Waals surface area contributed by atoms with Crippen LogP contribution in [0.3, 0.4) is 0 Å². The fourth-order valence-electron chi connectivity index (χ4n) is 1.32. The highest BCUT2D eigenvalue weighted by molar-refractivity contribution is 5.40. The molecule has 1 aromatic carbocycles. The summed E-state index contributed by atoms with van der Waals surface area (Å²) in [5, 5.41) is 0. The summed E-state index contributed by atoms with van der Waals surface area (Å²) in [6.45, 7) is 0. The van der Waals surface area contributed by atoms with Crippen LogP contribution >= 0.6 is 0 Å². The Bertz CT molecular complexity index is 437. The van der Waals surface area contributed by atoms with Gasteiger partial charge in [0.1, 0.15) is 17.3 Å². The average Bonchev–Trinajstić information content (AvgIpc) is 2.31. The number of rotatable bonds is 3. The van der Waals surface area contributed by atoms with Crippen molar-refractivity contribution in [3.63, 3.8) is 0 Å². The van der Waals surface area contributed by atoms with E-state index < -0.39 is 0 Å². The zero-order valence-electron chi connectivity index (χ0n) is 9.42. The van der Waals surface area contributed by atoms with Crippen molar-refractivity contribution in [3.05, 3.63) is 48.7 Å². The van der Waals surface area contributed by atoms with Gasteiger partial charge in [-0.15, -0.1) is 0 Å². The molecule has 0 atom stereocenters. The maximum Gasteiger partial charge on any atom is 0.145 e. The van der Waals surface area contributed by atoms with Crippen molar-refractivity contribution in [1.82, 2.24) is 4.98 Å². The first-order chi connectivity index (χ1) is 7.75. The molecular formula is C13H14N2O. The van der Waals surface area contributed by atoms with E-state index >= 15 is 0 Å². The lowest BCUT2D eigenvalue weighted by Crippen LogP contribution is -2.09. The molecule has 0 spiro atoms. The summed E-state index contributed by atoms with van der Waals surface area (Å²) >= 11 is 0. The van der Waals surface area contributed by atoms with Crippen molar-refractivity contribution in [3.8, 4) is 11.5 Å². The van der Waals surface area contributed by atoms with Gasteiger partial charge in [0.05, 0.1) is 6.20 Å². The molecule has 0 aliphatic heterocycles. The molecule has 2 aromatic rings. The molecule has 3 nitrogen and oxygen atoms in total. The minimum absolute atomic E-state index is 0.747. The lowest BCUT2D eigenvalue weighted by Gasteiger charge is -2.11. The predicted octanol–water partition coefficient (Wildman–Crippen LogP) is 2.94. The molecular weight excluding hydrogens is 200 g/mol. The standard InChI is InChI=1S/C13H14N2O/c1-15(2)13-9-8-12(10-14-13)16-11-6-4-3-5-7-11/h3-10H,1-2H3. The van der Waals surface area contributed by atoms with Gasteiger partial charge in [0, 0.05) is 14.1 Å². The number of hydrogen-bond donors (Lipinski definition) is 0. The van der Waals surface area contributed by atoms with Crippen LogP contribution in [0.15, 0.2) is 48.7 Å². The minimum atomic E-state index is 0.747. The normalized spacial score (nSPS) is 9.88. The molecule has 16 heavy (non-hydrogen) atoms. The summed E-state index contributed by atoms with van der Waals surface area (Å²) < 4.78 is 5.63. The molecule has 3 heteroatoms. The van der Waals surface area contributed by atoms with E-state index in [9.17, 15) is 0 Å². The van der Waals surface area contributed by atoms with Gasteiger partial charge in [0.15, 0.2) is 0 Å². The first kappa shape index (κ1) is 10.5. The number of benzene rings is 1. The van der Waals surface area contributed by atoms with Crippen LogP contribution in [0, 0.1) is 0 Å². The Kier molecular flexibility index (Phi) is 3.05. The Morgan fingerprint density at radius 1 is 0.938 bits per heavy atom. The fourth-order valence-corrected chi connectivity index (χ4v) is 1.32. The fraction of sp³-hybridized carbons (Fsp3) is 0.154. The highest BCUT2D eigenvalue weighted by atomic mass is 16.5. The van der Waals surface area contributed by atoms with Crippen LogP contribution in [0.4, 0.5) is 5.82 Å². The SMILES string of the molecule is CN(C)c1ccc(Oc2ccccc2)cn1. The Balaban J connectivity index is 2.11. The molecule has 0 radical (unpaired) electrons. The molecule has 0 aliphatic rings. The lowest BCUT2D eigenvalue weighted by molar-refractivity contribution is 0.480. The largest absolute Gasteiger partial charge is 0.456 e. The molecule has 2 rings (SSSR count). The zero-order valence-corrected chi connectivity index (χ0v) is 9.42. The third kappa shape index (κ3) is 2.51. The molecule has 0 aliphatic carbocycles. The maximum atomic E-state index is 5.63. The molecule has 0 bridgehead atoms. The molecule has 1 heterocycles. The highest BCUT2D eigenvalue weighted by Crippen LogP contribution is 2.21. The highest BCUT2D eigenvalue weighted by Gasteiger charge is 1.99. The Labute approximate surface area is 95.3 Å². The summed E-state index contributed by atoms with van der Waals surface area (Å²) in [6, 6.07) is 13.5. The number of ether oxygens (including phenoxy) is 1. The molecule has 0 amide bonds. The second-order valence-corrected chi connectivity index (χ2v) is 3.66. The lowest BCUT2D eigenvalue weighted by atomic mass is 10.3. The first-order valence-electron chi connectivity index (χ1n) is 5.12. The van der Waals surface area contributed by atoms with Crippen molar-refractivity contribution in [2.45, 2.75) is 0 Å². The van der Waals surface area contributed by atoms with Crippen LogP contribution in [-0.4, -0.2) is 19.1 Å². The average molecular weight is 214 g/mol. The first-order valence-corrected chi connectivity index (χ1v) is 5.12. The number of anilines is 1. The van der Waals surface area contributed by atoms with E-state index in [1.54, 1.807) is 6.20 Å².